The lowest BCUT2D eigenvalue weighted by Crippen LogP contribution is -2.10. The highest BCUT2D eigenvalue weighted by atomic mass is 15.1. The van der Waals surface area contributed by atoms with Crippen LogP contribution in [-0.4, -0.2) is 11.5 Å². The lowest BCUT2D eigenvalue weighted by molar-refractivity contribution is 0.819. The van der Waals surface area contributed by atoms with Gasteiger partial charge in [-0.05, 0) is 95.8 Å². The Bertz CT molecular complexity index is 1990. The fraction of sp³-hybridized carbons (Fsp3) is 0.0732. The number of hydrogen-bond acceptors (Lipinski definition) is 3. The van der Waals surface area contributed by atoms with Gasteiger partial charge in [0.2, 0.25) is 0 Å². The van der Waals surface area contributed by atoms with Gasteiger partial charge in [0.1, 0.15) is 0 Å². The van der Waals surface area contributed by atoms with Gasteiger partial charge in [0, 0.05) is 28.3 Å². The Morgan fingerprint density at radius 1 is 0.523 bits per heavy atom. The second kappa shape index (κ2) is 12.0. The zero-order valence-corrected chi connectivity index (χ0v) is 24.9. The fourth-order valence-electron chi connectivity index (χ4n) is 5.82. The molecule has 0 aliphatic carbocycles. The van der Waals surface area contributed by atoms with Crippen LogP contribution in [0.25, 0.3) is 22.3 Å². The van der Waals surface area contributed by atoms with Crippen LogP contribution in [0.3, 0.4) is 0 Å². The number of aliphatic imine (C=N–C) groups is 2. The molecule has 0 fully saturated rings. The Morgan fingerprint density at radius 3 is 1.68 bits per heavy atom. The molecule has 1 aliphatic rings. The summed E-state index contributed by atoms with van der Waals surface area (Å²) in [6.45, 7) is 4.21. The average molecular weight is 568 g/mol. The zero-order valence-electron chi connectivity index (χ0n) is 24.9. The van der Waals surface area contributed by atoms with E-state index in [1.165, 1.54) is 0 Å². The Hall–Kier alpha value is -5.54. The van der Waals surface area contributed by atoms with Crippen molar-refractivity contribution in [3.8, 4) is 22.3 Å². The van der Waals surface area contributed by atoms with Gasteiger partial charge in [-0.25, -0.2) is 4.99 Å². The molecule has 8 bridgehead atoms. The third-order valence-corrected chi connectivity index (χ3v) is 8.16. The summed E-state index contributed by atoms with van der Waals surface area (Å²) in [5, 5.41) is 0. The van der Waals surface area contributed by atoms with Crippen LogP contribution in [0.15, 0.2) is 168 Å². The number of anilines is 3. The van der Waals surface area contributed by atoms with E-state index in [1.807, 2.05) is 18.2 Å². The SMILES string of the molecule is CC(=NC1=NC(C)c2cccc(c2)-c2cccc(c2)N(c2ccccc2)c2cccc(c2)-c2cccc1c2)c1ccccc1. The summed E-state index contributed by atoms with van der Waals surface area (Å²) >= 11 is 0. The van der Waals surface area contributed by atoms with Crippen LogP contribution in [-0.2, 0) is 0 Å². The number of benzene rings is 6. The minimum Gasteiger partial charge on any atom is -0.310 e. The maximum Gasteiger partial charge on any atom is 0.155 e. The van der Waals surface area contributed by atoms with Crippen molar-refractivity contribution in [1.29, 1.82) is 0 Å². The van der Waals surface area contributed by atoms with Crippen molar-refractivity contribution in [2.24, 2.45) is 9.98 Å². The first-order chi connectivity index (χ1) is 21.6. The quantitative estimate of drug-likeness (QED) is 0.191. The highest BCUT2D eigenvalue weighted by molar-refractivity contribution is 6.12. The van der Waals surface area contributed by atoms with Gasteiger partial charge in [0.05, 0.1) is 6.04 Å². The Kier molecular flexibility index (Phi) is 7.44. The van der Waals surface area contributed by atoms with Gasteiger partial charge in [-0.15, -0.1) is 0 Å². The van der Waals surface area contributed by atoms with Crippen LogP contribution in [0, 0.1) is 0 Å². The minimum absolute atomic E-state index is 0.0961. The monoisotopic (exact) mass is 567 g/mol. The Labute approximate surface area is 259 Å². The number of rotatable bonds is 2. The standard InChI is InChI=1S/C41H33N3/c1-29(31-13-5-3-6-14-31)42-41-37-20-10-17-34(26-37)36-19-12-24-40(28-36)44(38-21-7-4-8-22-38)39-23-11-18-35(27-39)33-16-9-15-32(25-33)30(2)43-41/h3-28,30H,1-2H3. The van der Waals surface area contributed by atoms with Gasteiger partial charge in [-0.1, -0.05) is 109 Å². The van der Waals surface area contributed by atoms with Crippen LogP contribution in [0.1, 0.15) is 36.6 Å². The van der Waals surface area contributed by atoms with Gasteiger partial charge < -0.3 is 4.90 Å². The molecule has 1 atom stereocenters. The van der Waals surface area contributed by atoms with Crippen molar-refractivity contribution in [3.05, 3.63) is 174 Å². The molecule has 0 saturated carbocycles. The molecular formula is C41H33N3. The van der Waals surface area contributed by atoms with E-state index >= 15 is 0 Å². The van der Waals surface area contributed by atoms with Gasteiger partial charge >= 0.3 is 0 Å². The lowest BCUT2D eigenvalue weighted by Gasteiger charge is -2.26. The van der Waals surface area contributed by atoms with Crippen molar-refractivity contribution in [2.75, 3.05) is 4.90 Å². The molecule has 6 aromatic rings. The molecule has 0 aromatic heterocycles. The molecular weight excluding hydrogens is 534 g/mol. The highest BCUT2D eigenvalue weighted by Crippen LogP contribution is 2.38. The van der Waals surface area contributed by atoms with E-state index in [2.05, 4.69) is 158 Å². The van der Waals surface area contributed by atoms with Gasteiger partial charge in [-0.3, -0.25) is 4.99 Å². The third kappa shape index (κ3) is 5.60. The van der Waals surface area contributed by atoms with Crippen LogP contribution in [0.5, 0.6) is 0 Å². The zero-order chi connectivity index (χ0) is 29.9. The molecule has 6 aromatic carbocycles. The van der Waals surface area contributed by atoms with E-state index in [4.69, 9.17) is 9.98 Å². The molecule has 0 radical (unpaired) electrons. The first-order valence-corrected chi connectivity index (χ1v) is 15.1. The van der Waals surface area contributed by atoms with Gasteiger partial charge in [-0.2, -0.15) is 0 Å². The number of nitrogens with zero attached hydrogens (tertiary/aromatic N) is 3. The van der Waals surface area contributed by atoms with Gasteiger partial charge in [0.25, 0.3) is 0 Å². The summed E-state index contributed by atoms with van der Waals surface area (Å²) in [6.07, 6.45) is 0. The normalized spacial score (nSPS) is 14.6. The number of amidine groups is 1. The maximum absolute atomic E-state index is 5.25. The fourth-order valence-corrected chi connectivity index (χ4v) is 5.82. The van der Waals surface area contributed by atoms with Gasteiger partial charge in [0.15, 0.2) is 5.84 Å². The van der Waals surface area contributed by atoms with Crippen molar-refractivity contribution >= 4 is 28.6 Å². The summed E-state index contributed by atoms with van der Waals surface area (Å²) in [7, 11) is 0. The second-order valence-corrected chi connectivity index (χ2v) is 11.2. The summed E-state index contributed by atoms with van der Waals surface area (Å²) in [5.74, 6) is 0.724. The molecule has 3 heteroatoms. The molecule has 1 heterocycles. The first kappa shape index (κ1) is 27.3. The molecule has 0 spiro atoms. The molecule has 212 valence electrons. The number of para-hydroxylation sites is 1. The van der Waals surface area contributed by atoms with Crippen molar-refractivity contribution < 1.29 is 0 Å². The molecule has 0 saturated heterocycles. The number of hydrogen-bond donors (Lipinski definition) is 0. The first-order valence-electron chi connectivity index (χ1n) is 15.1. The smallest absolute Gasteiger partial charge is 0.155 e. The predicted molar refractivity (Wildman–Crippen MR) is 186 cm³/mol. The highest BCUT2D eigenvalue weighted by Gasteiger charge is 2.16. The molecule has 44 heavy (non-hydrogen) atoms. The lowest BCUT2D eigenvalue weighted by atomic mass is 9.98. The average Bonchev–Trinajstić information content (AvgIpc) is 3.09. The van der Waals surface area contributed by atoms with Crippen molar-refractivity contribution in [1.82, 2.24) is 0 Å². The third-order valence-electron chi connectivity index (χ3n) is 8.16. The summed E-state index contributed by atoms with van der Waals surface area (Å²) in [6, 6.07) is 55.6. The Morgan fingerprint density at radius 2 is 1.02 bits per heavy atom. The molecule has 1 unspecified atom stereocenters. The second-order valence-electron chi connectivity index (χ2n) is 11.2. The topological polar surface area (TPSA) is 28.0 Å². The molecule has 0 N–H and O–H groups in total. The van der Waals surface area contributed by atoms with E-state index < -0.39 is 0 Å². The molecule has 1 aliphatic heterocycles. The van der Waals surface area contributed by atoms with Crippen LogP contribution in [0.2, 0.25) is 0 Å². The van der Waals surface area contributed by atoms with Crippen LogP contribution < -0.4 is 4.90 Å². The van der Waals surface area contributed by atoms with E-state index in [0.717, 1.165) is 67.6 Å². The maximum atomic E-state index is 5.25. The van der Waals surface area contributed by atoms with Crippen molar-refractivity contribution in [3.63, 3.8) is 0 Å². The van der Waals surface area contributed by atoms with E-state index in [9.17, 15) is 0 Å². The van der Waals surface area contributed by atoms with Crippen molar-refractivity contribution in [2.45, 2.75) is 19.9 Å². The van der Waals surface area contributed by atoms with E-state index in [1.54, 1.807) is 0 Å². The molecule has 0 amide bonds. The summed E-state index contributed by atoms with van der Waals surface area (Å²) in [5.41, 5.74) is 12.0. The predicted octanol–water partition coefficient (Wildman–Crippen LogP) is 10.8. The summed E-state index contributed by atoms with van der Waals surface area (Å²) in [4.78, 5) is 12.7. The minimum atomic E-state index is -0.0961. The summed E-state index contributed by atoms with van der Waals surface area (Å²) < 4.78 is 0. The Balaban J connectivity index is 1.47. The molecule has 7 rings (SSSR count). The van der Waals surface area contributed by atoms with E-state index in [-0.39, 0.29) is 6.04 Å². The number of fused-ring (bicyclic) bond motifs is 10. The largest absolute Gasteiger partial charge is 0.310 e. The van der Waals surface area contributed by atoms with Crippen LogP contribution >= 0.6 is 0 Å². The molecule has 3 nitrogen and oxygen atoms in total. The van der Waals surface area contributed by atoms with E-state index in [0.29, 0.717) is 0 Å². The van der Waals surface area contributed by atoms with Crippen LogP contribution in [0.4, 0.5) is 17.1 Å².